The zero-order valence-electron chi connectivity index (χ0n) is 12.4. The highest BCUT2D eigenvalue weighted by Crippen LogP contribution is 2.29. The number of rotatable bonds is 4. The molecule has 0 aliphatic carbocycles. The Morgan fingerprint density at radius 3 is 2.84 bits per heavy atom. The van der Waals surface area contributed by atoms with Gasteiger partial charge in [-0.15, -0.1) is 0 Å². The molecular weight excluding hydrogens is 254 g/mol. The van der Waals surface area contributed by atoms with Crippen LogP contribution in [-0.2, 0) is 0 Å². The van der Waals surface area contributed by atoms with E-state index in [0.29, 0.717) is 17.3 Å². The van der Waals surface area contributed by atoms with Gasteiger partial charge in [-0.1, -0.05) is 13.8 Å². The average molecular weight is 279 g/mol. The van der Waals surface area contributed by atoms with Gasteiger partial charge >= 0.3 is 0 Å². The zero-order chi connectivity index (χ0) is 13.8. The molecule has 1 N–H and O–H groups in total. The second kappa shape index (κ2) is 6.62. The van der Waals surface area contributed by atoms with Crippen molar-refractivity contribution in [1.29, 1.82) is 0 Å². The van der Waals surface area contributed by atoms with Gasteiger partial charge in [-0.05, 0) is 32.5 Å². The minimum Gasteiger partial charge on any atom is -0.366 e. The fourth-order valence-corrected chi connectivity index (χ4v) is 3.73. The summed E-state index contributed by atoms with van der Waals surface area (Å²) in [5, 5.41) is 3.99. The molecule has 0 bridgehead atoms. The fourth-order valence-electron chi connectivity index (χ4n) is 2.63. The van der Waals surface area contributed by atoms with Crippen molar-refractivity contribution in [2.75, 3.05) is 24.2 Å². The van der Waals surface area contributed by atoms with Gasteiger partial charge in [-0.3, -0.25) is 4.98 Å². The Morgan fingerprint density at radius 2 is 2.26 bits per heavy atom. The van der Waals surface area contributed by atoms with E-state index < -0.39 is 0 Å². The maximum Gasteiger partial charge on any atom is 0.0574 e. The molecule has 3 atom stereocenters. The number of hydrogen-bond acceptors (Lipinski definition) is 4. The molecule has 1 saturated heterocycles. The van der Waals surface area contributed by atoms with Gasteiger partial charge in [0.1, 0.15) is 0 Å². The van der Waals surface area contributed by atoms with Crippen LogP contribution in [0.2, 0.25) is 0 Å². The number of nitrogens with one attached hydrogen (secondary N) is 1. The van der Waals surface area contributed by atoms with Crippen molar-refractivity contribution in [3.05, 3.63) is 24.0 Å². The lowest BCUT2D eigenvalue weighted by molar-refractivity contribution is 0.560. The predicted molar refractivity (Wildman–Crippen MR) is 85.1 cm³/mol. The topological polar surface area (TPSA) is 28.2 Å². The van der Waals surface area contributed by atoms with Crippen molar-refractivity contribution in [3.63, 3.8) is 0 Å². The van der Waals surface area contributed by atoms with Gasteiger partial charge in [0, 0.05) is 29.6 Å². The Hall–Kier alpha value is -0.740. The van der Waals surface area contributed by atoms with Crippen molar-refractivity contribution in [2.24, 2.45) is 0 Å². The molecule has 106 valence electrons. The van der Waals surface area contributed by atoms with Crippen molar-refractivity contribution < 1.29 is 0 Å². The molecule has 1 aliphatic heterocycles. The summed E-state index contributed by atoms with van der Waals surface area (Å²) in [5.74, 6) is 1.21. The van der Waals surface area contributed by atoms with Crippen molar-refractivity contribution in [3.8, 4) is 0 Å². The van der Waals surface area contributed by atoms with E-state index in [-0.39, 0.29) is 0 Å². The molecule has 0 spiro atoms. The summed E-state index contributed by atoms with van der Waals surface area (Å²) in [6.45, 7) is 7.94. The molecule has 1 fully saturated rings. The minimum atomic E-state index is 0.363. The smallest absolute Gasteiger partial charge is 0.0574 e. The second-order valence-corrected chi connectivity index (χ2v) is 6.69. The van der Waals surface area contributed by atoms with Crippen LogP contribution in [-0.4, -0.2) is 35.6 Å². The Bertz CT molecular complexity index is 389. The third-order valence-electron chi connectivity index (χ3n) is 4.10. The van der Waals surface area contributed by atoms with E-state index >= 15 is 0 Å². The molecule has 2 rings (SSSR count). The van der Waals surface area contributed by atoms with E-state index in [9.17, 15) is 0 Å². The Kier molecular flexibility index (Phi) is 5.11. The molecule has 0 amide bonds. The van der Waals surface area contributed by atoms with E-state index in [0.717, 1.165) is 18.7 Å². The molecule has 2 heterocycles. The number of nitrogens with zero attached hydrogens (tertiary/aromatic N) is 2. The van der Waals surface area contributed by atoms with Gasteiger partial charge in [0.2, 0.25) is 0 Å². The molecule has 4 heteroatoms. The highest BCUT2D eigenvalue weighted by molar-refractivity contribution is 8.00. The van der Waals surface area contributed by atoms with Crippen LogP contribution in [0, 0.1) is 0 Å². The largest absolute Gasteiger partial charge is 0.366 e. The number of hydrogen-bond donors (Lipinski definition) is 1. The Balaban J connectivity index is 2.13. The predicted octanol–water partition coefficient (Wildman–Crippen LogP) is 3.08. The SMILES string of the molecule is CCC(NC)c1ccc(N2CCSC(C)C2C)cn1. The Labute approximate surface area is 121 Å². The molecule has 0 radical (unpaired) electrons. The van der Waals surface area contributed by atoms with Crippen LogP contribution in [0.25, 0.3) is 0 Å². The zero-order valence-corrected chi connectivity index (χ0v) is 13.2. The van der Waals surface area contributed by atoms with E-state index in [1.807, 2.05) is 13.2 Å². The molecule has 0 saturated carbocycles. The first-order valence-corrected chi connectivity index (χ1v) is 8.23. The number of thioether (sulfide) groups is 1. The van der Waals surface area contributed by atoms with Gasteiger partial charge in [0.25, 0.3) is 0 Å². The monoisotopic (exact) mass is 279 g/mol. The molecule has 1 aromatic heterocycles. The van der Waals surface area contributed by atoms with E-state index in [1.54, 1.807) is 0 Å². The van der Waals surface area contributed by atoms with Gasteiger partial charge in [0.15, 0.2) is 0 Å². The van der Waals surface area contributed by atoms with Crippen LogP contribution in [0.5, 0.6) is 0 Å². The second-order valence-electron chi connectivity index (χ2n) is 5.20. The third kappa shape index (κ3) is 3.23. The van der Waals surface area contributed by atoms with Crippen molar-refractivity contribution in [1.82, 2.24) is 10.3 Å². The van der Waals surface area contributed by atoms with Crippen LogP contribution in [0.3, 0.4) is 0 Å². The summed E-state index contributed by atoms with van der Waals surface area (Å²) < 4.78 is 0. The van der Waals surface area contributed by atoms with Gasteiger partial charge in [-0.25, -0.2) is 0 Å². The first-order valence-electron chi connectivity index (χ1n) is 7.18. The number of anilines is 1. The summed E-state index contributed by atoms with van der Waals surface area (Å²) in [6, 6.07) is 5.33. The maximum atomic E-state index is 4.64. The van der Waals surface area contributed by atoms with Crippen LogP contribution in [0.4, 0.5) is 5.69 Å². The maximum absolute atomic E-state index is 4.64. The molecule has 0 aromatic carbocycles. The molecule has 3 nitrogen and oxygen atoms in total. The van der Waals surface area contributed by atoms with E-state index in [4.69, 9.17) is 0 Å². The standard InChI is InChI=1S/C15H25N3S/c1-5-14(16-4)15-7-6-13(10-17-15)18-8-9-19-12(3)11(18)2/h6-7,10-12,14,16H,5,8-9H2,1-4H3. The lowest BCUT2D eigenvalue weighted by Crippen LogP contribution is -2.44. The first-order chi connectivity index (χ1) is 9.17. The van der Waals surface area contributed by atoms with E-state index in [1.165, 1.54) is 11.4 Å². The lowest BCUT2D eigenvalue weighted by Gasteiger charge is -2.39. The number of aromatic nitrogens is 1. The molecular formula is C15H25N3S. The highest BCUT2D eigenvalue weighted by Gasteiger charge is 2.25. The third-order valence-corrected chi connectivity index (χ3v) is 5.44. The van der Waals surface area contributed by atoms with Crippen molar-refractivity contribution in [2.45, 2.75) is 44.5 Å². The molecule has 19 heavy (non-hydrogen) atoms. The fraction of sp³-hybridized carbons (Fsp3) is 0.667. The molecule has 1 aromatic rings. The quantitative estimate of drug-likeness (QED) is 0.917. The average Bonchev–Trinajstić information content (AvgIpc) is 2.44. The van der Waals surface area contributed by atoms with Crippen LogP contribution < -0.4 is 10.2 Å². The number of pyridine rings is 1. The lowest BCUT2D eigenvalue weighted by atomic mass is 10.1. The Morgan fingerprint density at radius 1 is 1.47 bits per heavy atom. The highest BCUT2D eigenvalue weighted by atomic mass is 32.2. The van der Waals surface area contributed by atoms with Gasteiger partial charge < -0.3 is 10.2 Å². The van der Waals surface area contributed by atoms with Crippen LogP contribution in [0.15, 0.2) is 18.3 Å². The normalized spacial score (nSPS) is 25.4. The molecule has 1 aliphatic rings. The van der Waals surface area contributed by atoms with Crippen LogP contribution >= 0.6 is 11.8 Å². The summed E-state index contributed by atoms with van der Waals surface area (Å²) >= 11 is 2.07. The van der Waals surface area contributed by atoms with E-state index in [2.05, 4.69) is 59.9 Å². The van der Waals surface area contributed by atoms with Gasteiger partial charge in [-0.2, -0.15) is 11.8 Å². The molecule has 3 unspecified atom stereocenters. The minimum absolute atomic E-state index is 0.363. The van der Waals surface area contributed by atoms with Crippen LogP contribution in [0.1, 0.15) is 38.9 Å². The van der Waals surface area contributed by atoms with Crippen molar-refractivity contribution >= 4 is 17.4 Å². The van der Waals surface area contributed by atoms with Gasteiger partial charge in [0.05, 0.1) is 17.6 Å². The summed E-state index contributed by atoms with van der Waals surface area (Å²) in [5.41, 5.74) is 2.40. The summed E-state index contributed by atoms with van der Waals surface area (Å²) in [6.07, 6.45) is 3.10. The summed E-state index contributed by atoms with van der Waals surface area (Å²) in [7, 11) is 2.00. The first kappa shape index (κ1) is 14.7. The summed E-state index contributed by atoms with van der Waals surface area (Å²) in [4.78, 5) is 7.13.